The average Bonchev–Trinajstić information content (AvgIpc) is 2.90. The number of thiazole rings is 1. The number of carbonyl (C=O) groups is 1. The third kappa shape index (κ3) is 5.70. The molecule has 5 nitrogen and oxygen atoms in total. The van der Waals surface area contributed by atoms with E-state index in [1.807, 2.05) is 18.1 Å². The van der Waals surface area contributed by atoms with E-state index in [0.29, 0.717) is 0 Å². The maximum absolute atomic E-state index is 12.2. The fourth-order valence-electron chi connectivity index (χ4n) is 2.44. The fourth-order valence-corrected chi connectivity index (χ4v) is 3.53. The monoisotopic (exact) mass is 364 g/mol. The van der Waals surface area contributed by atoms with Gasteiger partial charge in [-0.15, -0.1) is 23.7 Å². The number of nitrogens with two attached hydrogens (primary N) is 1. The first-order chi connectivity index (χ1) is 10.1. The second-order valence-electron chi connectivity index (χ2n) is 5.35. The van der Waals surface area contributed by atoms with Gasteiger partial charge < -0.3 is 10.6 Å². The van der Waals surface area contributed by atoms with Gasteiger partial charge in [-0.25, -0.2) is 4.98 Å². The summed E-state index contributed by atoms with van der Waals surface area (Å²) in [5.41, 5.74) is 7.10. The Labute approximate surface area is 147 Å². The molecule has 0 saturated carbocycles. The van der Waals surface area contributed by atoms with Gasteiger partial charge in [-0.2, -0.15) is 11.8 Å². The van der Waals surface area contributed by atoms with Crippen molar-refractivity contribution in [3.8, 4) is 0 Å². The Morgan fingerprint density at radius 1 is 1.45 bits per heavy atom. The lowest BCUT2D eigenvalue weighted by atomic mass is 10.2. The highest BCUT2D eigenvalue weighted by atomic mass is 35.5. The topological polar surface area (TPSA) is 62.5 Å². The molecule has 22 heavy (non-hydrogen) atoms. The summed E-state index contributed by atoms with van der Waals surface area (Å²) in [6.07, 6.45) is 2.80. The van der Waals surface area contributed by atoms with Crippen LogP contribution in [-0.4, -0.2) is 64.9 Å². The van der Waals surface area contributed by atoms with E-state index in [-0.39, 0.29) is 24.4 Å². The standard InChI is InChI=1S/C14H24N4OS2.ClH/c1-11-16-12(10-21-11)9-17-4-6-18(7-5-17)14(19)13(15)3-8-20-2;/h10,13H,3-9,15H2,1-2H3;1H/t13-;/m0./s1. The highest BCUT2D eigenvalue weighted by Gasteiger charge is 2.25. The van der Waals surface area contributed by atoms with Crippen molar-refractivity contribution in [3.05, 3.63) is 16.1 Å². The van der Waals surface area contributed by atoms with Crippen molar-refractivity contribution in [1.82, 2.24) is 14.8 Å². The molecule has 0 unspecified atom stereocenters. The second-order valence-corrected chi connectivity index (χ2v) is 7.40. The van der Waals surface area contributed by atoms with Crippen LogP contribution in [0.3, 0.4) is 0 Å². The molecule has 126 valence electrons. The molecule has 8 heteroatoms. The van der Waals surface area contributed by atoms with Crippen molar-refractivity contribution in [2.75, 3.05) is 38.2 Å². The summed E-state index contributed by atoms with van der Waals surface area (Å²) < 4.78 is 0. The van der Waals surface area contributed by atoms with E-state index in [1.54, 1.807) is 23.1 Å². The van der Waals surface area contributed by atoms with Gasteiger partial charge in [0, 0.05) is 38.1 Å². The quantitative estimate of drug-likeness (QED) is 0.830. The number of carbonyl (C=O) groups excluding carboxylic acids is 1. The Hall–Kier alpha value is -0.340. The van der Waals surface area contributed by atoms with Gasteiger partial charge in [0.05, 0.1) is 16.7 Å². The van der Waals surface area contributed by atoms with E-state index in [1.165, 1.54) is 0 Å². The summed E-state index contributed by atoms with van der Waals surface area (Å²) in [6, 6.07) is -0.342. The van der Waals surface area contributed by atoms with Crippen LogP contribution in [0.2, 0.25) is 0 Å². The van der Waals surface area contributed by atoms with Crippen molar-refractivity contribution in [1.29, 1.82) is 0 Å². The van der Waals surface area contributed by atoms with Gasteiger partial charge in [-0.1, -0.05) is 0 Å². The number of hydrogen-bond donors (Lipinski definition) is 1. The summed E-state index contributed by atoms with van der Waals surface area (Å²) in [5, 5.41) is 3.23. The number of thioether (sulfide) groups is 1. The summed E-state index contributed by atoms with van der Waals surface area (Å²) in [6.45, 7) is 6.25. The van der Waals surface area contributed by atoms with Crippen LogP contribution >= 0.6 is 35.5 Å². The van der Waals surface area contributed by atoms with Gasteiger partial charge in [0.2, 0.25) is 5.91 Å². The van der Waals surface area contributed by atoms with Crippen molar-refractivity contribution >= 4 is 41.4 Å². The molecule has 0 aliphatic carbocycles. The molecule has 0 aromatic carbocycles. The molecule has 0 bridgehead atoms. The molecule has 1 aromatic heterocycles. The van der Waals surface area contributed by atoms with Crippen LogP contribution in [0, 0.1) is 6.92 Å². The molecule has 2 heterocycles. The lowest BCUT2D eigenvalue weighted by Crippen LogP contribution is -2.53. The second kappa shape index (κ2) is 9.72. The average molecular weight is 365 g/mol. The normalized spacial score (nSPS) is 17.1. The highest BCUT2D eigenvalue weighted by Crippen LogP contribution is 2.13. The van der Waals surface area contributed by atoms with Gasteiger partial charge in [0.15, 0.2) is 0 Å². The Kier molecular flexibility index (Phi) is 8.71. The van der Waals surface area contributed by atoms with E-state index < -0.39 is 0 Å². The number of hydrogen-bond acceptors (Lipinski definition) is 6. The molecular formula is C14H25ClN4OS2. The molecule has 2 rings (SSSR count). The molecule has 0 spiro atoms. The Bertz CT molecular complexity index is 463. The van der Waals surface area contributed by atoms with Crippen molar-refractivity contribution in [2.24, 2.45) is 5.73 Å². The highest BCUT2D eigenvalue weighted by molar-refractivity contribution is 7.98. The fraction of sp³-hybridized carbons (Fsp3) is 0.714. The van der Waals surface area contributed by atoms with Gasteiger partial charge in [0.1, 0.15) is 0 Å². The lowest BCUT2D eigenvalue weighted by molar-refractivity contribution is -0.134. The minimum Gasteiger partial charge on any atom is -0.339 e. The number of halogens is 1. The molecule has 1 saturated heterocycles. The van der Waals surface area contributed by atoms with Gasteiger partial charge in [-0.05, 0) is 25.4 Å². The van der Waals surface area contributed by atoms with E-state index in [4.69, 9.17) is 5.73 Å². The molecule has 1 aliphatic rings. The Morgan fingerprint density at radius 2 is 2.14 bits per heavy atom. The van der Waals surface area contributed by atoms with Crippen LogP contribution in [-0.2, 0) is 11.3 Å². The Morgan fingerprint density at radius 3 is 2.68 bits per heavy atom. The van der Waals surface area contributed by atoms with Crippen LogP contribution in [0.25, 0.3) is 0 Å². The van der Waals surface area contributed by atoms with Crippen LogP contribution in [0.4, 0.5) is 0 Å². The third-order valence-corrected chi connectivity index (χ3v) is 5.15. The molecule has 1 atom stereocenters. The first kappa shape index (κ1) is 19.7. The lowest BCUT2D eigenvalue weighted by Gasteiger charge is -2.35. The number of aromatic nitrogens is 1. The number of piperazine rings is 1. The molecule has 1 amide bonds. The molecular weight excluding hydrogens is 340 g/mol. The van der Waals surface area contributed by atoms with Crippen LogP contribution < -0.4 is 5.73 Å². The first-order valence-electron chi connectivity index (χ1n) is 7.27. The molecule has 2 N–H and O–H groups in total. The van der Waals surface area contributed by atoms with Gasteiger partial charge in [0.25, 0.3) is 0 Å². The first-order valence-corrected chi connectivity index (χ1v) is 9.54. The third-order valence-electron chi connectivity index (χ3n) is 3.69. The molecule has 0 radical (unpaired) electrons. The number of nitrogens with zero attached hydrogens (tertiary/aromatic N) is 3. The predicted molar refractivity (Wildman–Crippen MR) is 96.9 cm³/mol. The van der Waals surface area contributed by atoms with E-state index in [0.717, 1.165) is 55.6 Å². The van der Waals surface area contributed by atoms with E-state index in [9.17, 15) is 4.79 Å². The van der Waals surface area contributed by atoms with E-state index >= 15 is 0 Å². The number of aryl methyl sites for hydroxylation is 1. The van der Waals surface area contributed by atoms with Crippen LogP contribution in [0.5, 0.6) is 0 Å². The number of rotatable bonds is 6. The summed E-state index contributed by atoms with van der Waals surface area (Å²) in [4.78, 5) is 21.0. The van der Waals surface area contributed by atoms with Crippen LogP contribution in [0.15, 0.2) is 5.38 Å². The summed E-state index contributed by atoms with van der Waals surface area (Å²) >= 11 is 3.42. The van der Waals surface area contributed by atoms with E-state index in [2.05, 4.69) is 15.3 Å². The zero-order valence-electron chi connectivity index (χ0n) is 13.2. The zero-order valence-corrected chi connectivity index (χ0v) is 15.6. The minimum atomic E-state index is -0.342. The van der Waals surface area contributed by atoms with Crippen molar-refractivity contribution < 1.29 is 4.79 Å². The predicted octanol–water partition coefficient (Wildman–Crippen LogP) is 1.60. The largest absolute Gasteiger partial charge is 0.339 e. The van der Waals surface area contributed by atoms with Gasteiger partial charge in [-0.3, -0.25) is 9.69 Å². The maximum Gasteiger partial charge on any atom is 0.239 e. The number of amides is 1. The summed E-state index contributed by atoms with van der Waals surface area (Å²) in [7, 11) is 0. The maximum atomic E-state index is 12.2. The van der Waals surface area contributed by atoms with Crippen molar-refractivity contribution in [3.63, 3.8) is 0 Å². The molecule has 1 aliphatic heterocycles. The smallest absolute Gasteiger partial charge is 0.239 e. The van der Waals surface area contributed by atoms with Crippen LogP contribution in [0.1, 0.15) is 17.1 Å². The SMILES string of the molecule is CSCC[C@H](N)C(=O)N1CCN(Cc2csc(C)n2)CC1.Cl. The minimum absolute atomic E-state index is 0. The van der Waals surface area contributed by atoms with Gasteiger partial charge >= 0.3 is 0 Å². The zero-order chi connectivity index (χ0) is 15.2. The Balaban J connectivity index is 0.00000242. The molecule has 1 fully saturated rings. The summed E-state index contributed by atoms with van der Waals surface area (Å²) in [5.74, 6) is 1.05. The van der Waals surface area contributed by atoms with Crippen molar-refractivity contribution in [2.45, 2.75) is 25.9 Å². The molecule has 1 aromatic rings.